The number of hydrogen-bond donors (Lipinski definition) is 1. The maximum Gasteiger partial charge on any atom is 0.231 e. The molecular weight excluding hydrogens is 432 g/mol. The van der Waals surface area contributed by atoms with E-state index < -0.39 is 0 Å². The Morgan fingerprint density at radius 1 is 1.22 bits per heavy atom. The van der Waals surface area contributed by atoms with E-state index in [1.807, 2.05) is 0 Å². The normalized spacial score (nSPS) is 20.1. The number of carbonyl (C=O) groups excluding carboxylic acids is 1. The minimum absolute atomic E-state index is 0.0937. The number of nitrogens with zero attached hydrogens (tertiary/aromatic N) is 1. The van der Waals surface area contributed by atoms with Gasteiger partial charge < -0.3 is 24.2 Å². The van der Waals surface area contributed by atoms with E-state index in [1.54, 1.807) is 24.3 Å². The largest absolute Gasteiger partial charge is 0.872 e. The van der Waals surface area contributed by atoms with Crippen LogP contribution in [0.2, 0.25) is 5.02 Å². The van der Waals surface area contributed by atoms with Crippen molar-refractivity contribution in [1.29, 1.82) is 0 Å². The van der Waals surface area contributed by atoms with Crippen molar-refractivity contribution in [1.82, 2.24) is 4.90 Å². The maximum atomic E-state index is 13.1. The molecule has 3 aliphatic heterocycles. The summed E-state index contributed by atoms with van der Waals surface area (Å²) in [6.45, 7) is 8.20. The Morgan fingerprint density at radius 3 is 2.81 bits per heavy atom. The van der Waals surface area contributed by atoms with Crippen molar-refractivity contribution in [2.45, 2.75) is 20.1 Å². The van der Waals surface area contributed by atoms with Gasteiger partial charge in [0.2, 0.25) is 5.78 Å². The van der Waals surface area contributed by atoms with Gasteiger partial charge in [0.05, 0.1) is 25.3 Å². The SMILES string of the molecule is CCN1CC[NH+](Cc2c([O-])ccc3c2O/C(=C\c2cc(Cl)cc4c2OCOC4)C3=O)CC1. The van der Waals surface area contributed by atoms with Gasteiger partial charge in [-0.2, -0.15) is 0 Å². The molecule has 0 bridgehead atoms. The topological polar surface area (TPSA) is 75.5 Å². The van der Waals surface area contributed by atoms with E-state index in [2.05, 4.69) is 11.8 Å². The van der Waals surface area contributed by atoms with Crippen LogP contribution in [0.15, 0.2) is 30.0 Å². The van der Waals surface area contributed by atoms with Gasteiger partial charge in [-0.1, -0.05) is 30.3 Å². The monoisotopic (exact) mass is 456 g/mol. The molecule has 0 amide bonds. The fourth-order valence-corrected chi connectivity index (χ4v) is 4.78. The summed E-state index contributed by atoms with van der Waals surface area (Å²) in [5, 5.41) is 13.2. The van der Waals surface area contributed by atoms with Crippen LogP contribution in [0.25, 0.3) is 6.08 Å². The van der Waals surface area contributed by atoms with Gasteiger partial charge in [-0.25, -0.2) is 0 Å². The highest BCUT2D eigenvalue weighted by Crippen LogP contribution is 2.40. The smallest absolute Gasteiger partial charge is 0.231 e. The van der Waals surface area contributed by atoms with Gasteiger partial charge in [0.25, 0.3) is 0 Å². The molecule has 7 nitrogen and oxygen atoms in total. The molecule has 0 aromatic heterocycles. The molecule has 3 aliphatic rings. The Kier molecular flexibility index (Phi) is 5.82. The van der Waals surface area contributed by atoms with E-state index in [-0.39, 0.29) is 24.1 Å². The van der Waals surface area contributed by atoms with Crippen LogP contribution in [-0.4, -0.2) is 50.2 Å². The molecule has 32 heavy (non-hydrogen) atoms. The van der Waals surface area contributed by atoms with Gasteiger partial charge in [-0.05, 0) is 30.8 Å². The maximum absolute atomic E-state index is 13.1. The highest BCUT2D eigenvalue weighted by molar-refractivity contribution is 6.31. The summed E-state index contributed by atoms with van der Waals surface area (Å²) in [6.07, 6.45) is 1.64. The number of benzene rings is 2. The van der Waals surface area contributed by atoms with Crippen molar-refractivity contribution < 1.29 is 29.0 Å². The fourth-order valence-electron chi connectivity index (χ4n) is 4.53. The van der Waals surface area contributed by atoms with Crippen LogP contribution in [0.1, 0.15) is 34.0 Å². The second kappa shape index (κ2) is 8.75. The molecule has 8 heteroatoms. The zero-order valence-electron chi connectivity index (χ0n) is 17.9. The van der Waals surface area contributed by atoms with E-state index in [4.69, 9.17) is 25.8 Å². The van der Waals surface area contributed by atoms with Gasteiger partial charge in [-0.3, -0.25) is 9.69 Å². The number of hydrogen-bond acceptors (Lipinski definition) is 6. The number of quaternary nitrogens is 1. The minimum Gasteiger partial charge on any atom is -0.872 e. The van der Waals surface area contributed by atoms with Crippen molar-refractivity contribution in [2.24, 2.45) is 0 Å². The molecule has 3 heterocycles. The van der Waals surface area contributed by atoms with E-state index in [0.29, 0.717) is 46.4 Å². The standard InChI is InChI=1S/C24H25ClN2O5/c1-2-26-5-7-27(8-6-26)12-19-20(28)4-3-18-22(29)21(32-24(18)19)11-15-9-17(25)10-16-13-30-14-31-23(15)16/h3-4,9-11,28H,2,5-8,12-14H2,1H3/b21-11-. The van der Waals surface area contributed by atoms with Gasteiger partial charge in [0.1, 0.15) is 18.0 Å². The molecule has 1 N–H and O–H groups in total. The van der Waals surface area contributed by atoms with E-state index in [9.17, 15) is 9.90 Å². The Bertz CT molecular complexity index is 1090. The number of nitrogens with one attached hydrogen (secondary N) is 1. The number of fused-ring (bicyclic) bond motifs is 2. The second-order valence-electron chi connectivity index (χ2n) is 8.31. The first-order valence-electron chi connectivity index (χ1n) is 10.9. The number of allylic oxidation sites excluding steroid dienone is 1. The van der Waals surface area contributed by atoms with Crippen molar-refractivity contribution in [2.75, 3.05) is 39.5 Å². The molecule has 0 radical (unpaired) electrons. The zero-order valence-corrected chi connectivity index (χ0v) is 18.7. The van der Waals surface area contributed by atoms with Gasteiger partial charge in [0, 0.05) is 34.8 Å². The fraction of sp³-hybridized carbons (Fsp3) is 0.375. The number of halogens is 1. The summed E-state index contributed by atoms with van der Waals surface area (Å²) in [5.74, 6) is 0.844. The average molecular weight is 457 g/mol. The average Bonchev–Trinajstić information content (AvgIpc) is 3.11. The van der Waals surface area contributed by atoms with Crippen molar-refractivity contribution in [3.05, 3.63) is 57.3 Å². The van der Waals surface area contributed by atoms with Crippen molar-refractivity contribution in [3.63, 3.8) is 0 Å². The summed E-state index contributed by atoms with van der Waals surface area (Å²) in [6, 6.07) is 6.55. The van der Waals surface area contributed by atoms with E-state index >= 15 is 0 Å². The third-order valence-electron chi connectivity index (χ3n) is 6.33. The van der Waals surface area contributed by atoms with Crippen LogP contribution in [-0.2, 0) is 17.9 Å². The molecule has 1 saturated heterocycles. The Balaban J connectivity index is 1.44. The van der Waals surface area contributed by atoms with Crippen LogP contribution in [0.3, 0.4) is 0 Å². The summed E-state index contributed by atoms with van der Waals surface area (Å²) in [7, 11) is 0. The number of likely N-dealkylation sites (N-methyl/N-ethyl adjacent to an activating group) is 1. The lowest BCUT2D eigenvalue weighted by Crippen LogP contribution is -3.13. The molecule has 0 spiro atoms. The summed E-state index contributed by atoms with van der Waals surface area (Å²) in [5.41, 5.74) is 2.46. The Morgan fingerprint density at radius 2 is 2.03 bits per heavy atom. The second-order valence-corrected chi connectivity index (χ2v) is 8.75. The molecule has 1 fully saturated rings. The molecule has 2 aromatic rings. The third kappa shape index (κ3) is 3.97. The molecule has 0 saturated carbocycles. The highest BCUT2D eigenvalue weighted by Gasteiger charge is 2.32. The Labute approximate surface area is 191 Å². The summed E-state index contributed by atoms with van der Waals surface area (Å²) >= 11 is 6.25. The summed E-state index contributed by atoms with van der Waals surface area (Å²) < 4.78 is 17.0. The molecule has 0 atom stereocenters. The van der Waals surface area contributed by atoms with Crippen molar-refractivity contribution >= 4 is 23.5 Å². The molecule has 0 unspecified atom stereocenters. The van der Waals surface area contributed by atoms with Crippen LogP contribution < -0.4 is 19.5 Å². The van der Waals surface area contributed by atoms with Crippen LogP contribution in [0.5, 0.6) is 17.2 Å². The quantitative estimate of drug-likeness (QED) is 0.705. The summed E-state index contributed by atoms with van der Waals surface area (Å²) in [4.78, 5) is 16.8. The number of Topliss-reactive ketones (excluding diaryl/α,β-unsaturated/α-hetero) is 1. The van der Waals surface area contributed by atoms with Crippen LogP contribution in [0, 0.1) is 0 Å². The number of ether oxygens (including phenoxy) is 3. The predicted octanol–water partition coefficient (Wildman–Crippen LogP) is 1.62. The Hall–Kier alpha value is -2.58. The third-order valence-corrected chi connectivity index (χ3v) is 6.54. The van der Waals surface area contributed by atoms with Crippen molar-refractivity contribution in [3.8, 4) is 17.2 Å². The lowest BCUT2D eigenvalue weighted by Gasteiger charge is -2.32. The van der Waals surface area contributed by atoms with Gasteiger partial charge in [-0.15, -0.1) is 0 Å². The first kappa shape index (κ1) is 21.3. The molecule has 168 valence electrons. The number of rotatable bonds is 4. The lowest BCUT2D eigenvalue weighted by molar-refractivity contribution is -0.918. The molecule has 0 aliphatic carbocycles. The van der Waals surface area contributed by atoms with Gasteiger partial charge in [0.15, 0.2) is 12.6 Å². The van der Waals surface area contributed by atoms with E-state index in [1.165, 1.54) is 11.0 Å². The number of piperazine rings is 1. The first-order chi connectivity index (χ1) is 15.5. The molecular formula is C24H25ClN2O5. The molecule has 5 rings (SSSR count). The zero-order chi connectivity index (χ0) is 22.2. The molecule has 2 aromatic carbocycles. The predicted molar refractivity (Wildman–Crippen MR) is 117 cm³/mol. The lowest BCUT2D eigenvalue weighted by atomic mass is 10.0. The van der Waals surface area contributed by atoms with E-state index in [0.717, 1.165) is 38.3 Å². The van der Waals surface area contributed by atoms with Gasteiger partial charge >= 0.3 is 0 Å². The number of carbonyl (C=O) groups is 1. The minimum atomic E-state index is -0.243. The number of ketones is 1. The van der Waals surface area contributed by atoms with Crippen LogP contribution in [0.4, 0.5) is 0 Å². The van der Waals surface area contributed by atoms with Crippen LogP contribution >= 0.6 is 11.6 Å². The first-order valence-corrected chi connectivity index (χ1v) is 11.3. The highest BCUT2D eigenvalue weighted by atomic mass is 35.5.